The van der Waals surface area contributed by atoms with Gasteiger partial charge in [-0.15, -0.1) is 6.58 Å². The standard InChI is InChI=1S/C27H28N4O4/c1-5-15-30-20-9-7-8-10-21(20)31-27(30)26(18(3)29-31)22(32)13-11-19-12-14-23(24(16-19)34-4)35-17-25(33)28-6-2/h5,7-14,16H,1,6,15,17H2,2-4H3,(H,28,33). The molecule has 4 rings (SSSR count). The number of fused-ring (bicyclic) bond motifs is 3. The Morgan fingerprint density at radius 1 is 1.14 bits per heavy atom. The molecule has 0 radical (unpaired) electrons. The molecule has 0 unspecified atom stereocenters. The number of nitrogens with one attached hydrogen (secondary N) is 1. The molecule has 2 aromatic carbocycles. The van der Waals surface area contributed by atoms with Crippen molar-refractivity contribution >= 4 is 34.4 Å². The number of imidazole rings is 1. The maximum absolute atomic E-state index is 13.3. The molecule has 2 heterocycles. The zero-order valence-electron chi connectivity index (χ0n) is 20.1. The number of carbonyl (C=O) groups is 2. The van der Waals surface area contributed by atoms with Crippen LogP contribution in [-0.4, -0.2) is 46.1 Å². The van der Waals surface area contributed by atoms with Crippen LogP contribution in [0.4, 0.5) is 0 Å². The molecule has 0 fully saturated rings. The first-order valence-electron chi connectivity index (χ1n) is 11.4. The van der Waals surface area contributed by atoms with Crippen molar-refractivity contribution in [2.45, 2.75) is 20.4 Å². The van der Waals surface area contributed by atoms with Crippen molar-refractivity contribution < 1.29 is 19.1 Å². The molecule has 1 amide bonds. The third-order valence-corrected chi connectivity index (χ3v) is 5.60. The number of aryl methyl sites for hydroxylation is 1. The molecule has 180 valence electrons. The molecule has 0 bridgehead atoms. The van der Waals surface area contributed by atoms with Crippen LogP contribution in [0.5, 0.6) is 11.5 Å². The lowest BCUT2D eigenvalue weighted by Crippen LogP contribution is -2.28. The molecule has 0 aliphatic rings. The number of benzene rings is 2. The van der Waals surface area contributed by atoms with Crippen LogP contribution in [0, 0.1) is 6.92 Å². The van der Waals surface area contributed by atoms with E-state index in [9.17, 15) is 9.59 Å². The van der Waals surface area contributed by atoms with Crippen LogP contribution >= 0.6 is 0 Å². The van der Waals surface area contributed by atoms with E-state index in [1.807, 2.05) is 47.2 Å². The van der Waals surface area contributed by atoms with Crippen LogP contribution in [0.25, 0.3) is 22.8 Å². The Bertz CT molecular complexity index is 1440. The van der Waals surface area contributed by atoms with Gasteiger partial charge in [-0.05, 0) is 49.8 Å². The molecule has 8 heteroatoms. The number of ether oxygens (including phenoxy) is 2. The molecule has 0 atom stereocenters. The Labute approximate surface area is 203 Å². The Hall–Kier alpha value is -4.33. The molecule has 2 aromatic heterocycles. The minimum atomic E-state index is -0.208. The number of likely N-dealkylation sites (N-methyl/N-ethyl adjacent to an activating group) is 1. The number of allylic oxidation sites excluding steroid dienone is 2. The van der Waals surface area contributed by atoms with E-state index < -0.39 is 0 Å². The molecule has 8 nitrogen and oxygen atoms in total. The molecule has 0 saturated heterocycles. The maximum atomic E-state index is 13.3. The van der Waals surface area contributed by atoms with Crippen LogP contribution in [0.15, 0.2) is 61.2 Å². The highest BCUT2D eigenvalue weighted by molar-refractivity contribution is 6.12. The average Bonchev–Trinajstić information content (AvgIpc) is 3.35. The van der Waals surface area contributed by atoms with Gasteiger partial charge in [0.25, 0.3) is 5.91 Å². The third kappa shape index (κ3) is 4.68. The fraction of sp³-hybridized carbons (Fsp3) is 0.222. The quantitative estimate of drug-likeness (QED) is 0.212. The first kappa shape index (κ1) is 23.8. The van der Waals surface area contributed by atoms with Crippen LogP contribution in [0.3, 0.4) is 0 Å². The summed E-state index contributed by atoms with van der Waals surface area (Å²) in [6.45, 7) is 8.54. The summed E-state index contributed by atoms with van der Waals surface area (Å²) in [5.74, 6) is 0.562. The van der Waals surface area contributed by atoms with Gasteiger partial charge in [0.05, 0.1) is 29.4 Å². The molecule has 35 heavy (non-hydrogen) atoms. The van der Waals surface area contributed by atoms with Crippen LogP contribution in [0.1, 0.15) is 28.5 Å². The Kier molecular flexibility index (Phi) is 7.01. The van der Waals surface area contributed by atoms with Gasteiger partial charge in [-0.1, -0.05) is 30.4 Å². The van der Waals surface area contributed by atoms with Gasteiger partial charge in [-0.25, -0.2) is 4.52 Å². The molecule has 0 aliphatic heterocycles. The van der Waals surface area contributed by atoms with E-state index in [2.05, 4.69) is 17.0 Å². The summed E-state index contributed by atoms with van der Waals surface area (Å²) >= 11 is 0. The number of rotatable bonds is 10. The monoisotopic (exact) mass is 472 g/mol. The number of ketones is 1. The highest BCUT2D eigenvalue weighted by Crippen LogP contribution is 2.29. The second-order valence-electron chi connectivity index (χ2n) is 7.93. The minimum absolute atomic E-state index is 0.104. The van der Waals surface area contributed by atoms with E-state index >= 15 is 0 Å². The van der Waals surface area contributed by atoms with Gasteiger partial charge in [-0.3, -0.25) is 9.59 Å². The molecule has 0 spiro atoms. The average molecular weight is 473 g/mol. The van der Waals surface area contributed by atoms with E-state index in [-0.39, 0.29) is 18.3 Å². The van der Waals surface area contributed by atoms with Gasteiger partial charge < -0.3 is 19.4 Å². The lowest BCUT2D eigenvalue weighted by Gasteiger charge is -2.11. The number of carbonyl (C=O) groups excluding carboxylic acids is 2. The summed E-state index contributed by atoms with van der Waals surface area (Å²) in [5, 5.41) is 7.33. The SMILES string of the molecule is C=CCn1c2ccccc2n2nc(C)c(C(=O)C=Cc3ccc(OCC(=O)NCC)c(OC)c3)c12. The predicted octanol–water partition coefficient (Wildman–Crippen LogP) is 4.20. The summed E-state index contributed by atoms with van der Waals surface area (Å²) in [6, 6.07) is 13.2. The number of amides is 1. The fourth-order valence-electron chi connectivity index (χ4n) is 4.07. The number of hydrogen-bond acceptors (Lipinski definition) is 5. The molecule has 4 aromatic rings. The van der Waals surface area contributed by atoms with E-state index in [0.717, 1.165) is 22.2 Å². The van der Waals surface area contributed by atoms with Crippen molar-refractivity contribution in [3.8, 4) is 11.5 Å². The van der Waals surface area contributed by atoms with Gasteiger partial charge in [0.2, 0.25) is 0 Å². The largest absolute Gasteiger partial charge is 0.493 e. The summed E-state index contributed by atoms with van der Waals surface area (Å²) in [4.78, 5) is 25.0. The van der Waals surface area contributed by atoms with Crippen molar-refractivity contribution in [1.82, 2.24) is 19.5 Å². The Morgan fingerprint density at radius 2 is 1.91 bits per heavy atom. The van der Waals surface area contributed by atoms with Crippen LogP contribution < -0.4 is 14.8 Å². The van der Waals surface area contributed by atoms with E-state index in [1.54, 1.807) is 30.4 Å². The van der Waals surface area contributed by atoms with Crippen molar-refractivity contribution in [3.63, 3.8) is 0 Å². The van der Waals surface area contributed by atoms with E-state index in [0.29, 0.717) is 35.8 Å². The topological polar surface area (TPSA) is 86.9 Å². The summed E-state index contributed by atoms with van der Waals surface area (Å²) in [7, 11) is 1.53. The summed E-state index contributed by atoms with van der Waals surface area (Å²) in [5.41, 5.74) is 4.63. The number of nitrogens with zero attached hydrogens (tertiary/aromatic N) is 3. The highest BCUT2D eigenvalue weighted by atomic mass is 16.5. The van der Waals surface area contributed by atoms with Crippen molar-refractivity contribution in [1.29, 1.82) is 0 Å². The predicted molar refractivity (Wildman–Crippen MR) is 136 cm³/mol. The van der Waals surface area contributed by atoms with Crippen LogP contribution in [0.2, 0.25) is 0 Å². The lowest BCUT2D eigenvalue weighted by atomic mass is 10.1. The second-order valence-corrected chi connectivity index (χ2v) is 7.93. The van der Waals surface area contributed by atoms with Gasteiger partial charge in [0, 0.05) is 13.1 Å². The van der Waals surface area contributed by atoms with Crippen LogP contribution in [-0.2, 0) is 11.3 Å². The van der Waals surface area contributed by atoms with Crippen molar-refractivity contribution in [2.24, 2.45) is 0 Å². The maximum Gasteiger partial charge on any atom is 0.257 e. The molecular weight excluding hydrogens is 444 g/mol. The molecule has 1 N–H and O–H groups in total. The summed E-state index contributed by atoms with van der Waals surface area (Å²) in [6.07, 6.45) is 5.06. The minimum Gasteiger partial charge on any atom is -0.493 e. The third-order valence-electron chi connectivity index (χ3n) is 5.60. The molecule has 0 saturated carbocycles. The summed E-state index contributed by atoms with van der Waals surface area (Å²) < 4.78 is 14.8. The van der Waals surface area contributed by atoms with E-state index in [1.165, 1.54) is 13.2 Å². The highest BCUT2D eigenvalue weighted by Gasteiger charge is 2.21. The normalized spacial score (nSPS) is 11.3. The zero-order valence-corrected chi connectivity index (χ0v) is 20.1. The molecular formula is C27H28N4O4. The van der Waals surface area contributed by atoms with Gasteiger partial charge >= 0.3 is 0 Å². The van der Waals surface area contributed by atoms with Gasteiger partial charge in [0.15, 0.2) is 23.9 Å². The van der Waals surface area contributed by atoms with Crippen molar-refractivity contribution in [3.05, 3.63) is 78.0 Å². The Morgan fingerprint density at radius 3 is 2.63 bits per heavy atom. The number of aromatic nitrogens is 3. The Balaban J connectivity index is 1.64. The van der Waals surface area contributed by atoms with E-state index in [4.69, 9.17) is 9.47 Å². The first-order valence-corrected chi connectivity index (χ1v) is 11.4. The zero-order chi connectivity index (χ0) is 24.9. The van der Waals surface area contributed by atoms with Crippen molar-refractivity contribution in [2.75, 3.05) is 20.3 Å². The second kappa shape index (κ2) is 10.3. The smallest absolute Gasteiger partial charge is 0.257 e. The first-order chi connectivity index (χ1) is 17.0. The number of hydrogen-bond donors (Lipinski definition) is 1. The number of methoxy groups -OCH3 is 1. The molecule has 0 aliphatic carbocycles. The number of para-hydroxylation sites is 2. The van der Waals surface area contributed by atoms with Gasteiger partial charge in [0.1, 0.15) is 5.65 Å². The van der Waals surface area contributed by atoms with Gasteiger partial charge in [-0.2, -0.15) is 5.10 Å². The lowest BCUT2D eigenvalue weighted by molar-refractivity contribution is -0.123. The fourth-order valence-corrected chi connectivity index (χ4v) is 4.07.